The van der Waals surface area contributed by atoms with Crippen molar-refractivity contribution in [3.63, 3.8) is 0 Å². The van der Waals surface area contributed by atoms with Crippen LogP contribution in [0.15, 0.2) is 41.4 Å². The average Bonchev–Trinajstić information content (AvgIpc) is 2.32. The summed E-state index contributed by atoms with van der Waals surface area (Å²) in [6.45, 7) is 4.02. The van der Waals surface area contributed by atoms with Gasteiger partial charge in [0.1, 0.15) is 0 Å². The van der Waals surface area contributed by atoms with Crippen LogP contribution in [0.3, 0.4) is 0 Å². The van der Waals surface area contributed by atoms with Gasteiger partial charge < -0.3 is 10.6 Å². The Labute approximate surface area is 88.8 Å². The van der Waals surface area contributed by atoms with E-state index in [4.69, 9.17) is 5.73 Å². The van der Waals surface area contributed by atoms with Crippen molar-refractivity contribution in [3.8, 4) is 0 Å². The molecule has 0 radical (unpaired) electrons. The lowest BCUT2D eigenvalue weighted by molar-refractivity contribution is 0.836. The number of benzene rings is 1. The van der Waals surface area contributed by atoms with Gasteiger partial charge in [0.15, 0.2) is 0 Å². The van der Waals surface area contributed by atoms with Gasteiger partial charge in [0, 0.05) is 23.4 Å². The van der Waals surface area contributed by atoms with E-state index in [2.05, 4.69) is 29.7 Å². The molecule has 3 heteroatoms. The second-order valence-corrected chi connectivity index (χ2v) is 4.50. The maximum Gasteiger partial charge on any atom is 0.0544 e. The van der Waals surface area contributed by atoms with Crippen LogP contribution in [0, 0.1) is 0 Å². The molecule has 74 valence electrons. The van der Waals surface area contributed by atoms with E-state index in [-0.39, 0.29) is 6.04 Å². The van der Waals surface area contributed by atoms with Gasteiger partial charge in [0.05, 0.1) is 11.7 Å². The van der Waals surface area contributed by atoms with Gasteiger partial charge in [-0.05, 0) is 12.1 Å². The molecular formula is C11H14N2S. The van der Waals surface area contributed by atoms with Gasteiger partial charge in [-0.15, -0.1) is 11.8 Å². The van der Waals surface area contributed by atoms with Crippen LogP contribution in [-0.4, -0.2) is 18.8 Å². The molecule has 0 spiro atoms. The smallest absolute Gasteiger partial charge is 0.0544 e. The van der Waals surface area contributed by atoms with E-state index in [1.54, 1.807) is 11.8 Å². The summed E-state index contributed by atoms with van der Waals surface area (Å²) < 4.78 is 0. The highest BCUT2D eigenvalue weighted by Crippen LogP contribution is 2.35. The lowest BCUT2D eigenvalue weighted by Gasteiger charge is -2.23. The Balaban J connectivity index is 2.45. The van der Waals surface area contributed by atoms with Gasteiger partial charge in [-0.3, -0.25) is 0 Å². The third-order valence-corrected chi connectivity index (χ3v) is 3.69. The molecule has 2 nitrogen and oxygen atoms in total. The maximum atomic E-state index is 5.99. The number of nitrogens with zero attached hydrogens (tertiary/aromatic N) is 1. The first-order chi connectivity index (χ1) is 6.70. The summed E-state index contributed by atoms with van der Waals surface area (Å²) >= 11 is 1.80. The minimum Gasteiger partial charge on any atom is -0.346 e. The zero-order chi connectivity index (χ0) is 10.1. The number of likely N-dealkylation sites (N-methyl/N-ethyl adjacent to an activating group) is 1. The summed E-state index contributed by atoms with van der Waals surface area (Å²) in [5.41, 5.74) is 8.18. The maximum absolute atomic E-state index is 5.99. The van der Waals surface area contributed by atoms with Crippen molar-refractivity contribution in [1.29, 1.82) is 0 Å². The van der Waals surface area contributed by atoms with E-state index in [1.807, 2.05) is 13.1 Å². The summed E-state index contributed by atoms with van der Waals surface area (Å²) in [7, 11) is 2.02. The standard InChI is InChI=1S/C11H14N2S/c1-8-9(12)7-14-11-6-4-3-5-10(11)13(8)2/h3-6,9H,1,7,12H2,2H3/t9-/m0/s1. The molecule has 0 unspecified atom stereocenters. The molecule has 2 N–H and O–H groups in total. The predicted molar refractivity (Wildman–Crippen MR) is 62.7 cm³/mol. The lowest BCUT2D eigenvalue weighted by atomic mass is 10.2. The summed E-state index contributed by atoms with van der Waals surface area (Å²) in [4.78, 5) is 3.36. The minimum absolute atomic E-state index is 0.0531. The molecule has 1 atom stereocenters. The van der Waals surface area contributed by atoms with Crippen LogP contribution >= 0.6 is 11.8 Å². The first-order valence-corrected chi connectivity index (χ1v) is 5.58. The minimum atomic E-state index is 0.0531. The first kappa shape index (κ1) is 9.62. The van der Waals surface area contributed by atoms with Crippen molar-refractivity contribution >= 4 is 17.4 Å². The van der Waals surface area contributed by atoms with Gasteiger partial charge in [-0.2, -0.15) is 0 Å². The third-order valence-electron chi connectivity index (χ3n) is 2.50. The largest absolute Gasteiger partial charge is 0.346 e. The zero-order valence-corrected chi connectivity index (χ0v) is 9.05. The molecule has 0 bridgehead atoms. The SMILES string of the molecule is C=C1[C@@H](N)CSc2ccccc2N1C. The number of fused-ring (bicyclic) bond motifs is 1. The third kappa shape index (κ3) is 1.53. The highest BCUT2D eigenvalue weighted by atomic mass is 32.2. The number of thioether (sulfide) groups is 1. The van der Waals surface area contributed by atoms with Crippen molar-refractivity contribution in [3.05, 3.63) is 36.5 Å². The number of nitrogens with two attached hydrogens (primary N) is 1. The van der Waals surface area contributed by atoms with E-state index in [1.165, 1.54) is 10.6 Å². The number of para-hydroxylation sites is 1. The Bertz CT molecular complexity index is 362. The van der Waals surface area contributed by atoms with Crippen LogP contribution in [0.2, 0.25) is 0 Å². The van der Waals surface area contributed by atoms with Crippen LogP contribution < -0.4 is 10.6 Å². The van der Waals surface area contributed by atoms with Crippen molar-refractivity contribution in [2.24, 2.45) is 5.73 Å². The van der Waals surface area contributed by atoms with Crippen molar-refractivity contribution in [2.45, 2.75) is 10.9 Å². The molecule has 0 aliphatic carbocycles. The van der Waals surface area contributed by atoms with Crippen molar-refractivity contribution in [1.82, 2.24) is 0 Å². The summed E-state index contributed by atoms with van der Waals surface area (Å²) in [6, 6.07) is 8.38. The molecule has 0 saturated carbocycles. The fourth-order valence-electron chi connectivity index (χ4n) is 1.54. The molecule has 2 rings (SSSR count). The molecule has 0 fully saturated rings. The normalized spacial score (nSPS) is 21.7. The van der Waals surface area contributed by atoms with Crippen LogP contribution in [-0.2, 0) is 0 Å². The molecule has 0 saturated heterocycles. The molecular weight excluding hydrogens is 192 g/mol. The molecule has 0 aromatic heterocycles. The Kier molecular flexibility index (Phi) is 2.52. The second kappa shape index (κ2) is 3.67. The Hall–Kier alpha value is -0.930. The van der Waals surface area contributed by atoms with Crippen molar-refractivity contribution < 1.29 is 0 Å². The van der Waals surface area contributed by atoms with Gasteiger partial charge in [0.25, 0.3) is 0 Å². The van der Waals surface area contributed by atoms with E-state index >= 15 is 0 Å². The van der Waals surface area contributed by atoms with E-state index in [9.17, 15) is 0 Å². The molecule has 1 aliphatic rings. The van der Waals surface area contributed by atoms with E-state index in [0.717, 1.165) is 11.4 Å². The van der Waals surface area contributed by atoms with Crippen LogP contribution in [0.5, 0.6) is 0 Å². The van der Waals surface area contributed by atoms with Gasteiger partial charge in [0.2, 0.25) is 0 Å². The number of anilines is 1. The van der Waals surface area contributed by atoms with Crippen LogP contribution in [0.4, 0.5) is 5.69 Å². The summed E-state index contributed by atoms with van der Waals surface area (Å²) in [5.74, 6) is 0.903. The number of rotatable bonds is 0. The Morgan fingerprint density at radius 2 is 2.21 bits per heavy atom. The molecule has 1 heterocycles. The van der Waals surface area contributed by atoms with Crippen LogP contribution in [0.1, 0.15) is 0 Å². The Morgan fingerprint density at radius 1 is 1.50 bits per heavy atom. The topological polar surface area (TPSA) is 29.3 Å². The van der Waals surface area contributed by atoms with E-state index in [0.29, 0.717) is 0 Å². The van der Waals surface area contributed by atoms with Gasteiger partial charge >= 0.3 is 0 Å². The molecule has 1 aromatic carbocycles. The molecule has 1 aromatic rings. The lowest BCUT2D eigenvalue weighted by Crippen LogP contribution is -2.32. The number of hydrogen-bond donors (Lipinski definition) is 1. The summed E-state index contributed by atoms with van der Waals surface area (Å²) in [5, 5.41) is 0. The average molecular weight is 206 g/mol. The summed E-state index contributed by atoms with van der Waals surface area (Å²) in [6.07, 6.45) is 0. The fraction of sp³-hybridized carbons (Fsp3) is 0.273. The molecule has 0 amide bonds. The molecule has 1 aliphatic heterocycles. The van der Waals surface area contributed by atoms with Gasteiger partial charge in [-0.1, -0.05) is 18.7 Å². The highest BCUT2D eigenvalue weighted by Gasteiger charge is 2.20. The quantitative estimate of drug-likeness (QED) is 0.704. The monoisotopic (exact) mass is 206 g/mol. The zero-order valence-electron chi connectivity index (χ0n) is 8.23. The van der Waals surface area contributed by atoms with E-state index < -0.39 is 0 Å². The number of hydrogen-bond acceptors (Lipinski definition) is 3. The molecule has 14 heavy (non-hydrogen) atoms. The fourth-order valence-corrected chi connectivity index (χ4v) is 2.61. The first-order valence-electron chi connectivity index (χ1n) is 4.60. The predicted octanol–water partition coefficient (Wildman–Crippen LogP) is 2.07. The second-order valence-electron chi connectivity index (χ2n) is 3.44. The van der Waals surface area contributed by atoms with Gasteiger partial charge in [-0.25, -0.2) is 0 Å². The van der Waals surface area contributed by atoms with Crippen molar-refractivity contribution in [2.75, 3.05) is 17.7 Å². The van der Waals surface area contributed by atoms with Crippen LogP contribution in [0.25, 0.3) is 0 Å². The highest BCUT2D eigenvalue weighted by molar-refractivity contribution is 7.99. The Morgan fingerprint density at radius 3 is 3.00 bits per heavy atom.